The molecule has 80 valence electrons. The fraction of sp³-hybridized carbons (Fsp3) is 0.909. The second-order valence-corrected chi connectivity index (χ2v) is 4.90. The maximum Gasteiger partial charge on any atom is 0.239 e. The molecular formula is C11H20N2O. The van der Waals surface area contributed by atoms with Crippen molar-refractivity contribution in [3.05, 3.63) is 0 Å². The van der Waals surface area contributed by atoms with E-state index in [1.54, 1.807) is 0 Å². The summed E-state index contributed by atoms with van der Waals surface area (Å²) in [6, 6.07) is 0.832. The van der Waals surface area contributed by atoms with E-state index in [0.717, 1.165) is 19.5 Å². The van der Waals surface area contributed by atoms with Gasteiger partial charge < -0.3 is 4.90 Å². The quantitative estimate of drug-likeness (QED) is 0.623. The third kappa shape index (κ3) is 1.44. The predicted octanol–water partition coefficient (Wildman–Crippen LogP) is 0.947. The second kappa shape index (κ2) is 3.54. The van der Waals surface area contributed by atoms with Gasteiger partial charge in [0.15, 0.2) is 0 Å². The molecule has 2 atom stereocenters. The monoisotopic (exact) mass is 196 g/mol. The third-order valence-corrected chi connectivity index (χ3v) is 3.69. The number of fused-ring (bicyclic) bond motifs is 1. The molecule has 2 saturated heterocycles. The van der Waals surface area contributed by atoms with Gasteiger partial charge >= 0.3 is 0 Å². The maximum atomic E-state index is 11.9. The highest BCUT2D eigenvalue weighted by atomic mass is 16.2. The molecule has 2 heterocycles. The highest BCUT2D eigenvalue weighted by Gasteiger charge is 2.42. The summed E-state index contributed by atoms with van der Waals surface area (Å²) in [5.74, 6) is 1.01. The first-order valence-corrected chi connectivity index (χ1v) is 5.62. The predicted molar refractivity (Wildman–Crippen MR) is 56.0 cm³/mol. The van der Waals surface area contributed by atoms with Crippen LogP contribution in [0.15, 0.2) is 0 Å². The first kappa shape index (κ1) is 9.97. The van der Waals surface area contributed by atoms with E-state index < -0.39 is 0 Å². The van der Waals surface area contributed by atoms with Crippen LogP contribution >= 0.6 is 0 Å². The third-order valence-electron chi connectivity index (χ3n) is 3.69. The number of piperazine rings is 1. The van der Waals surface area contributed by atoms with Gasteiger partial charge in [-0.05, 0) is 18.8 Å². The number of rotatable bonds is 1. The van der Waals surface area contributed by atoms with Crippen molar-refractivity contribution >= 4 is 5.91 Å². The number of hydrogen-bond acceptors (Lipinski definition) is 2. The highest BCUT2D eigenvalue weighted by molar-refractivity contribution is 5.82. The lowest BCUT2D eigenvalue weighted by molar-refractivity contribution is -0.139. The van der Waals surface area contributed by atoms with Crippen molar-refractivity contribution in [2.45, 2.75) is 38.8 Å². The van der Waals surface area contributed by atoms with E-state index in [2.05, 4.69) is 18.7 Å². The lowest BCUT2D eigenvalue weighted by Crippen LogP contribution is -2.55. The van der Waals surface area contributed by atoms with E-state index in [9.17, 15) is 4.79 Å². The van der Waals surface area contributed by atoms with Crippen LogP contribution in [-0.2, 0) is 4.79 Å². The topological polar surface area (TPSA) is 23.6 Å². The lowest BCUT2D eigenvalue weighted by atomic mass is 10.0. The van der Waals surface area contributed by atoms with E-state index >= 15 is 0 Å². The zero-order chi connectivity index (χ0) is 10.3. The Kier molecular flexibility index (Phi) is 2.52. The molecule has 14 heavy (non-hydrogen) atoms. The normalized spacial score (nSPS) is 34.0. The molecule has 2 unspecified atom stereocenters. The van der Waals surface area contributed by atoms with Crippen molar-refractivity contribution in [2.24, 2.45) is 5.92 Å². The number of hydrogen-bond donors (Lipinski definition) is 0. The van der Waals surface area contributed by atoms with Crippen LogP contribution in [0.3, 0.4) is 0 Å². The van der Waals surface area contributed by atoms with Crippen molar-refractivity contribution in [1.29, 1.82) is 0 Å². The minimum absolute atomic E-state index is 0.196. The average Bonchev–Trinajstić information content (AvgIpc) is 2.55. The molecule has 0 aromatic rings. The summed E-state index contributed by atoms with van der Waals surface area (Å²) >= 11 is 0. The minimum Gasteiger partial charge on any atom is -0.343 e. The Morgan fingerprint density at radius 1 is 1.29 bits per heavy atom. The highest BCUT2D eigenvalue weighted by Crippen LogP contribution is 2.31. The molecule has 0 N–H and O–H groups in total. The van der Waals surface area contributed by atoms with Gasteiger partial charge in [-0.15, -0.1) is 0 Å². The fourth-order valence-corrected chi connectivity index (χ4v) is 2.82. The summed E-state index contributed by atoms with van der Waals surface area (Å²) in [5.41, 5.74) is 0. The van der Waals surface area contributed by atoms with Crippen molar-refractivity contribution in [2.75, 3.05) is 20.1 Å². The Bertz CT molecular complexity index is 239. The molecule has 0 bridgehead atoms. The van der Waals surface area contributed by atoms with Crippen molar-refractivity contribution in [1.82, 2.24) is 9.80 Å². The van der Waals surface area contributed by atoms with Gasteiger partial charge in [-0.3, -0.25) is 9.69 Å². The summed E-state index contributed by atoms with van der Waals surface area (Å²) in [5, 5.41) is 0. The molecule has 0 saturated carbocycles. The van der Waals surface area contributed by atoms with Gasteiger partial charge in [0.05, 0.1) is 6.04 Å². The fourth-order valence-electron chi connectivity index (χ4n) is 2.82. The molecule has 0 aliphatic carbocycles. The van der Waals surface area contributed by atoms with Crippen LogP contribution in [0.5, 0.6) is 0 Å². The smallest absolute Gasteiger partial charge is 0.239 e. The van der Waals surface area contributed by atoms with Gasteiger partial charge in [0.25, 0.3) is 0 Å². The molecule has 0 aromatic heterocycles. The van der Waals surface area contributed by atoms with Crippen LogP contribution < -0.4 is 0 Å². The lowest BCUT2D eigenvalue weighted by Gasteiger charge is -2.38. The van der Waals surface area contributed by atoms with Crippen LogP contribution in [0.1, 0.15) is 26.7 Å². The van der Waals surface area contributed by atoms with Crippen LogP contribution in [0.25, 0.3) is 0 Å². The zero-order valence-corrected chi connectivity index (χ0v) is 9.36. The summed E-state index contributed by atoms with van der Waals surface area (Å²) in [4.78, 5) is 16.2. The molecule has 3 nitrogen and oxygen atoms in total. The van der Waals surface area contributed by atoms with E-state index in [0.29, 0.717) is 17.9 Å². The van der Waals surface area contributed by atoms with Crippen molar-refractivity contribution in [3.63, 3.8) is 0 Å². The zero-order valence-electron chi connectivity index (χ0n) is 9.36. The number of likely N-dealkylation sites (N-methyl/N-ethyl adjacent to an activating group) is 1. The second-order valence-electron chi connectivity index (χ2n) is 4.90. The molecule has 0 radical (unpaired) electrons. The molecule has 0 spiro atoms. The molecule has 3 heteroatoms. The van der Waals surface area contributed by atoms with Gasteiger partial charge in [-0.2, -0.15) is 0 Å². The average molecular weight is 196 g/mol. The first-order valence-electron chi connectivity index (χ1n) is 5.62. The summed E-state index contributed by atoms with van der Waals surface area (Å²) in [6.07, 6.45) is 2.26. The summed E-state index contributed by atoms with van der Waals surface area (Å²) < 4.78 is 0. The standard InChI is InChI=1S/C11H20N2O/c1-8(2)9-4-5-10-11(14)12(3)6-7-13(9)10/h8-10H,4-7H2,1-3H3. The molecule has 2 aliphatic heterocycles. The maximum absolute atomic E-state index is 11.9. The van der Waals surface area contributed by atoms with Gasteiger partial charge in [-0.1, -0.05) is 13.8 Å². The van der Waals surface area contributed by atoms with E-state index in [-0.39, 0.29) is 6.04 Å². The van der Waals surface area contributed by atoms with E-state index in [1.165, 1.54) is 6.42 Å². The Morgan fingerprint density at radius 3 is 2.64 bits per heavy atom. The molecule has 0 aromatic carbocycles. The molecule has 1 amide bonds. The number of amides is 1. The van der Waals surface area contributed by atoms with E-state index in [4.69, 9.17) is 0 Å². The SMILES string of the molecule is CC(C)C1CCC2C(=O)N(C)CCN21. The van der Waals surface area contributed by atoms with Gasteiger partial charge in [-0.25, -0.2) is 0 Å². The number of nitrogens with zero attached hydrogens (tertiary/aromatic N) is 2. The largest absolute Gasteiger partial charge is 0.343 e. The number of carbonyl (C=O) groups excluding carboxylic acids is 1. The molecule has 2 fully saturated rings. The van der Waals surface area contributed by atoms with Crippen LogP contribution in [0.2, 0.25) is 0 Å². The molecular weight excluding hydrogens is 176 g/mol. The van der Waals surface area contributed by atoms with Crippen molar-refractivity contribution < 1.29 is 4.79 Å². The Labute approximate surface area is 86.1 Å². The van der Waals surface area contributed by atoms with Gasteiger partial charge in [0.2, 0.25) is 5.91 Å². The summed E-state index contributed by atoms with van der Waals surface area (Å²) in [7, 11) is 1.92. The molecule has 2 rings (SSSR count). The van der Waals surface area contributed by atoms with Crippen molar-refractivity contribution in [3.8, 4) is 0 Å². The first-order chi connectivity index (χ1) is 6.61. The van der Waals surface area contributed by atoms with Crippen LogP contribution in [0.4, 0.5) is 0 Å². The summed E-state index contributed by atoms with van der Waals surface area (Å²) in [6.45, 7) is 6.49. The number of carbonyl (C=O) groups is 1. The Morgan fingerprint density at radius 2 is 2.00 bits per heavy atom. The van der Waals surface area contributed by atoms with E-state index in [1.807, 2.05) is 11.9 Å². The van der Waals surface area contributed by atoms with Gasteiger partial charge in [0.1, 0.15) is 0 Å². The minimum atomic E-state index is 0.196. The Balaban J connectivity index is 2.11. The van der Waals surface area contributed by atoms with Gasteiger partial charge in [0, 0.05) is 26.2 Å². The van der Waals surface area contributed by atoms with Crippen LogP contribution in [-0.4, -0.2) is 47.9 Å². The molecule has 2 aliphatic rings. The Hall–Kier alpha value is -0.570. The van der Waals surface area contributed by atoms with Crippen LogP contribution in [0, 0.1) is 5.92 Å².